The summed E-state index contributed by atoms with van der Waals surface area (Å²) >= 11 is 1.48. The zero-order valence-corrected chi connectivity index (χ0v) is 17.2. The molecule has 1 aliphatic heterocycles. The summed E-state index contributed by atoms with van der Waals surface area (Å²) in [6.45, 7) is 8.46. The standard InChI is InChI=1S/C21H30N4OS/c1-17-13-18(2)15-19(14-17)25-12-8-23-21(25)27-16-20(26)22-7-6-11-24-9-4-3-5-10-24/h8,12-15H,3-7,9-11,16H2,1-2H3,(H,22,26). The van der Waals surface area contributed by atoms with Crippen molar-refractivity contribution in [3.8, 4) is 5.69 Å². The first-order valence-corrected chi connectivity index (χ1v) is 10.8. The highest BCUT2D eigenvalue weighted by atomic mass is 32.2. The summed E-state index contributed by atoms with van der Waals surface area (Å²) in [5.41, 5.74) is 3.54. The summed E-state index contributed by atoms with van der Waals surface area (Å²) in [6.07, 6.45) is 8.76. The number of aryl methyl sites for hydroxylation is 2. The van der Waals surface area contributed by atoms with Gasteiger partial charge < -0.3 is 10.2 Å². The lowest BCUT2D eigenvalue weighted by molar-refractivity contribution is -0.118. The number of carbonyl (C=O) groups excluding carboxylic acids is 1. The Balaban J connectivity index is 1.43. The molecule has 27 heavy (non-hydrogen) atoms. The molecular weight excluding hydrogens is 356 g/mol. The minimum absolute atomic E-state index is 0.0774. The molecule has 1 amide bonds. The normalized spacial score (nSPS) is 15.0. The van der Waals surface area contributed by atoms with Crippen LogP contribution in [0.25, 0.3) is 5.69 Å². The number of hydrogen-bond donors (Lipinski definition) is 1. The van der Waals surface area contributed by atoms with E-state index in [0.717, 1.165) is 30.4 Å². The highest BCUT2D eigenvalue weighted by Gasteiger charge is 2.11. The van der Waals surface area contributed by atoms with Crippen LogP contribution in [0.4, 0.5) is 0 Å². The van der Waals surface area contributed by atoms with Gasteiger partial charge in [-0.3, -0.25) is 9.36 Å². The first-order chi connectivity index (χ1) is 13.1. The topological polar surface area (TPSA) is 50.2 Å². The molecular formula is C21H30N4OS. The summed E-state index contributed by atoms with van der Waals surface area (Å²) in [5.74, 6) is 0.472. The van der Waals surface area contributed by atoms with Gasteiger partial charge in [0.05, 0.1) is 5.75 Å². The summed E-state index contributed by atoms with van der Waals surface area (Å²) in [6, 6.07) is 6.43. The van der Waals surface area contributed by atoms with Gasteiger partial charge >= 0.3 is 0 Å². The molecule has 2 aromatic rings. The van der Waals surface area contributed by atoms with Crippen LogP contribution in [0.15, 0.2) is 35.7 Å². The van der Waals surface area contributed by atoms with Crippen molar-refractivity contribution in [3.05, 3.63) is 41.7 Å². The predicted octanol–water partition coefficient (Wildman–Crippen LogP) is 3.57. The van der Waals surface area contributed by atoms with E-state index in [2.05, 4.69) is 47.2 Å². The lowest BCUT2D eigenvalue weighted by atomic mass is 10.1. The summed E-state index contributed by atoms with van der Waals surface area (Å²) in [4.78, 5) is 19.1. The third-order valence-corrected chi connectivity index (χ3v) is 5.81. The molecule has 3 rings (SSSR count). The number of nitrogens with one attached hydrogen (secondary N) is 1. The number of aromatic nitrogens is 2. The van der Waals surface area contributed by atoms with Crippen LogP contribution in [-0.4, -0.2) is 52.3 Å². The van der Waals surface area contributed by atoms with E-state index in [9.17, 15) is 4.79 Å². The van der Waals surface area contributed by atoms with Crippen molar-refractivity contribution in [2.45, 2.75) is 44.7 Å². The molecule has 0 aliphatic carbocycles. The van der Waals surface area contributed by atoms with Gasteiger partial charge in [0, 0.05) is 24.6 Å². The SMILES string of the molecule is Cc1cc(C)cc(-n2ccnc2SCC(=O)NCCCN2CCCCC2)c1. The molecule has 5 nitrogen and oxygen atoms in total. The Morgan fingerprint density at radius 3 is 2.63 bits per heavy atom. The molecule has 0 radical (unpaired) electrons. The fraction of sp³-hybridized carbons (Fsp3) is 0.524. The lowest BCUT2D eigenvalue weighted by Gasteiger charge is -2.26. The zero-order valence-electron chi connectivity index (χ0n) is 16.4. The number of carbonyl (C=O) groups is 1. The van der Waals surface area contributed by atoms with Crippen molar-refractivity contribution in [2.24, 2.45) is 0 Å². The number of hydrogen-bond acceptors (Lipinski definition) is 4. The molecule has 1 saturated heterocycles. The molecule has 1 aliphatic rings. The maximum Gasteiger partial charge on any atom is 0.230 e. The van der Waals surface area contributed by atoms with Crippen molar-refractivity contribution < 1.29 is 4.79 Å². The van der Waals surface area contributed by atoms with E-state index in [4.69, 9.17) is 0 Å². The molecule has 1 N–H and O–H groups in total. The summed E-state index contributed by atoms with van der Waals surface area (Å²) in [5, 5.41) is 3.89. The first kappa shape index (κ1) is 20.0. The van der Waals surface area contributed by atoms with E-state index >= 15 is 0 Å². The Morgan fingerprint density at radius 1 is 1.15 bits per heavy atom. The fourth-order valence-electron chi connectivity index (χ4n) is 3.58. The van der Waals surface area contributed by atoms with Gasteiger partial charge in [-0.1, -0.05) is 24.2 Å². The van der Waals surface area contributed by atoms with E-state index in [-0.39, 0.29) is 5.91 Å². The number of amides is 1. The second-order valence-corrected chi connectivity index (χ2v) is 8.26. The third-order valence-electron chi connectivity index (χ3n) is 4.85. The van der Waals surface area contributed by atoms with E-state index < -0.39 is 0 Å². The van der Waals surface area contributed by atoms with Crippen molar-refractivity contribution in [2.75, 3.05) is 31.9 Å². The molecule has 0 unspecified atom stereocenters. The monoisotopic (exact) mass is 386 g/mol. The van der Waals surface area contributed by atoms with E-state index in [1.807, 2.05) is 10.8 Å². The van der Waals surface area contributed by atoms with E-state index in [1.54, 1.807) is 6.20 Å². The zero-order chi connectivity index (χ0) is 19.1. The van der Waals surface area contributed by atoms with Crippen LogP contribution in [-0.2, 0) is 4.79 Å². The van der Waals surface area contributed by atoms with Crippen molar-refractivity contribution in [1.82, 2.24) is 19.8 Å². The van der Waals surface area contributed by atoms with Crippen LogP contribution in [0.3, 0.4) is 0 Å². The molecule has 0 bridgehead atoms. The van der Waals surface area contributed by atoms with Gasteiger partial charge in [-0.05, 0) is 76.0 Å². The molecule has 0 saturated carbocycles. The quantitative estimate of drug-likeness (QED) is 0.557. The lowest BCUT2D eigenvalue weighted by Crippen LogP contribution is -2.33. The first-order valence-electron chi connectivity index (χ1n) is 9.86. The minimum atomic E-state index is 0.0774. The summed E-state index contributed by atoms with van der Waals surface area (Å²) < 4.78 is 2.05. The number of rotatable bonds is 8. The van der Waals surface area contributed by atoms with Gasteiger partial charge in [0.15, 0.2) is 5.16 Å². The molecule has 1 aromatic heterocycles. The van der Waals surface area contributed by atoms with Crippen LogP contribution in [0.2, 0.25) is 0 Å². The van der Waals surface area contributed by atoms with Gasteiger partial charge in [-0.15, -0.1) is 0 Å². The fourth-order valence-corrected chi connectivity index (χ4v) is 4.38. The van der Waals surface area contributed by atoms with Crippen molar-refractivity contribution in [3.63, 3.8) is 0 Å². The average molecular weight is 387 g/mol. The Hall–Kier alpha value is -1.79. The van der Waals surface area contributed by atoms with Crippen molar-refractivity contribution >= 4 is 17.7 Å². The second-order valence-electron chi connectivity index (χ2n) is 7.32. The van der Waals surface area contributed by atoms with E-state index in [1.165, 1.54) is 55.2 Å². The maximum atomic E-state index is 12.2. The number of thioether (sulfide) groups is 1. The Labute approximate surface area is 166 Å². The Morgan fingerprint density at radius 2 is 1.89 bits per heavy atom. The predicted molar refractivity (Wildman–Crippen MR) is 112 cm³/mol. The number of imidazole rings is 1. The molecule has 0 atom stereocenters. The number of benzene rings is 1. The largest absolute Gasteiger partial charge is 0.355 e. The minimum Gasteiger partial charge on any atom is -0.355 e. The highest BCUT2D eigenvalue weighted by Crippen LogP contribution is 2.22. The molecule has 6 heteroatoms. The van der Waals surface area contributed by atoms with Gasteiger partial charge in [-0.25, -0.2) is 4.98 Å². The Kier molecular flexibility index (Phi) is 7.35. The molecule has 2 heterocycles. The van der Waals surface area contributed by atoms with Gasteiger partial charge in [-0.2, -0.15) is 0 Å². The Bertz CT molecular complexity index is 732. The average Bonchev–Trinajstić information content (AvgIpc) is 3.12. The summed E-state index contributed by atoms with van der Waals surface area (Å²) in [7, 11) is 0. The van der Waals surface area contributed by atoms with Crippen molar-refractivity contribution in [1.29, 1.82) is 0 Å². The molecule has 1 fully saturated rings. The maximum absolute atomic E-state index is 12.2. The number of nitrogens with zero attached hydrogens (tertiary/aromatic N) is 3. The third kappa shape index (κ3) is 6.11. The molecule has 0 spiro atoms. The number of likely N-dealkylation sites (tertiary alicyclic amines) is 1. The van der Waals surface area contributed by atoms with Crippen LogP contribution >= 0.6 is 11.8 Å². The number of piperidine rings is 1. The smallest absolute Gasteiger partial charge is 0.230 e. The van der Waals surface area contributed by atoms with Crippen LogP contribution in [0.5, 0.6) is 0 Å². The van der Waals surface area contributed by atoms with Gasteiger partial charge in [0.2, 0.25) is 5.91 Å². The molecule has 1 aromatic carbocycles. The van der Waals surface area contributed by atoms with E-state index in [0.29, 0.717) is 5.75 Å². The second kappa shape index (κ2) is 9.95. The van der Waals surface area contributed by atoms with Crippen LogP contribution < -0.4 is 5.32 Å². The van der Waals surface area contributed by atoms with Crippen LogP contribution in [0.1, 0.15) is 36.8 Å². The molecule has 146 valence electrons. The van der Waals surface area contributed by atoms with Gasteiger partial charge in [0.25, 0.3) is 0 Å². The van der Waals surface area contributed by atoms with Gasteiger partial charge in [0.1, 0.15) is 0 Å². The highest BCUT2D eigenvalue weighted by molar-refractivity contribution is 7.99. The van der Waals surface area contributed by atoms with Crippen LogP contribution in [0, 0.1) is 13.8 Å².